The number of aromatic nitrogens is 1. The van der Waals surface area contributed by atoms with Crippen molar-refractivity contribution in [3.8, 4) is 0 Å². The highest BCUT2D eigenvalue weighted by molar-refractivity contribution is 14.0. The van der Waals surface area contributed by atoms with Gasteiger partial charge in [-0.05, 0) is 31.4 Å². The van der Waals surface area contributed by atoms with Gasteiger partial charge < -0.3 is 20.3 Å². The minimum Gasteiger partial charge on any atom is -0.392 e. The molecule has 1 heterocycles. The Balaban J connectivity index is 0.00000264. The van der Waals surface area contributed by atoms with Gasteiger partial charge >= 0.3 is 0 Å². The molecule has 3 N–H and O–H groups in total. The molecule has 1 aliphatic carbocycles. The Labute approximate surface area is 157 Å². The van der Waals surface area contributed by atoms with Gasteiger partial charge in [0.25, 0.3) is 0 Å². The maximum Gasteiger partial charge on any atom is 0.191 e. The predicted octanol–water partition coefficient (Wildman–Crippen LogP) is 2.64. The zero-order valence-corrected chi connectivity index (χ0v) is 16.8. The molecule has 1 aromatic rings. The number of nitrogens with zero attached hydrogens (tertiary/aromatic N) is 2. The molecule has 2 atom stereocenters. The molecule has 0 amide bonds. The first-order valence-corrected chi connectivity index (χ1v) is 8.34. The van der Waals surface area contributed by atoms with Crippen LogP contribution < -0.4 is 10.6 Å². The summed E-state index contributed by atoms with van der Waals surface area (Å²) in [4.78, 5) is 4.64. The number of aliphatic imine (C=N–C) groups is 1. The Morgan fingerprint density at radius 3 is 2.83 bits per heavy atom. The minimum absolute atomic E-state index is 0. The molecular weight excluding hydrogens is 403 g/mol. The van der Waals surface area contributed by atoms with Crippen LogP contribution >= 0.6 is 24.0 Å². The molecule has 6 heteroatoms. The number of halogens is 1. The molecule has 1 aromatic heterocycles. The van der Waals surface area contributed by atoms with E-state index >= 15 is 0 Å². The molecule has 0 aromatic carbocycles. The Morgan fingerprint density at radius 2 is 2.22 bits per heavy atom. The van der Waals surface area contributed by atoms with Crippen LogP contribution in [0.4, 0.5) is 0 Å². The van der Waals surface area contributed by atoms with Crippen molar-refractivity contribution in [3.05, 3.63) is 24.0 Å². The van der Waals surface area contributed by atoms with E-state index in [-0.39, 0.29) is 35.5 Å². The lowest BCUT2D eigenvalue weighted by Gasteiger charge is -2.38. The van der Waals surface area contributed by atoms with Crippen LogP contribution in [0.3, 0.4) is 0 Å². The molecular formula is C17H31IN4O. The zero-order valence-electron chi connectivity index (χ0n) is 14.5. The molecule has 0 bridgehead atoms. The smallest absolute Gasteiger partial charge is 0.191 e. The van der Waals surface area contributed by atoms with E-state index in [0.29, 0.717) is 6.54 Å². The van der Waals surface area contributed by atoms with Crippen LogP contribution in [0, 0.1) is 5.41 Å². The van der Waals surface area contributed by atoms with Crippen molar-refractivity contribution in [2.75, 3.05) is 13.1 Å². The van der Waals surface area contributed by atoms with Crippen LogP contribution in [0.2, 0.25) is 0 Å². The summed E-state index contributed by atoms with van der Waals surface area (Å²) in [5, 5.41) is 17.0. The number of hydrogen-bond acceptors (Lipinski definition) is 2. The highest BCUT2D eigenvalue weighted by Crippen LogP contribution is 2.35. The maximum absolute atomic E-state index is 10.3. The van der Waals surface area contributed by atoms with Gasteiger partial charge in [-0.25, -0.2) is 4.99 Å². The van der Waals surface area contributed by atoms with Gasteiger partial charge in [0.2, 0.25) is 0 Å². The van der Waals surface area contributed by atoms with E-state index in [0.717, 1.165) is 38.3 Å². The van der Waals surface area contributed by atoms with Gasteiger partial charge in [-0.15, -0.1) is 24.0 Å². The van der Waals surface area contributed by atoms with Crippen LogP contribution in [-0.4, -0.2) is 34.8 Å². The monoisotopic (exact) mass is 434 g/mol. The van der Waals surface area contributed by atoms with Crippen molar-refractivity contribution in [2.24, 2.45) is 17.5 Å². The lowest BCUT2D eigenvalue weighted by Crippen LogP contribution is -2.48. The molecule has 0 aliphatic heterocycles. The highest BCUT2D eigenvalue weighted by atomic mass is 127. The Bertz CT molecular complexity index is 503. The number of rotatable bonds is 5. The highest BCUT2D eigenvalue weighted by Gasteiger charge is 2.35. The fourth-order valence-corrected chi connectivity index (χ4v) is 3.04. The van der Waals surface area contributed by atoms with Crippen LogP contribution in [-0.2, 0) is 13.6 Å². The fraction of sp³-hybridized carbons (Fsp3) is 0.706. The molecule has 0 radical (unpaired) electrons. The van der Waals surface area contributed by atoms with Gasteiger partial charge in [0.15, 0.2) is 5.96 Å². The number of nitrogens with one attached hydrogen (secondary N) is 2. The minimum atomic E-state index is -0.217. The molecule has 5 nitrogen and oxygen atoms in total. The van der Waals surface area contributed by atoms with Crippen LogP contribution in [0.15, 0.2) is 23.5 Å². The first-order valence-electron chi connectivity index (χ1n) is 8.34. The SMILES string of the molecule is CCNC(=NCc1ccn(C)c1)NCC1(C)CCCCC1O.I. The number of hydrogen-bond donors (Lipinski definition) is 3. The number of guanidine groups is 1. The van der Waals surface area contributed by atoms with Gasteiger partial charge in [-0.1, -0.05) is 19.8 Å². The Hall–Kier alpha value is -0.760. The van der Waals surface area contributed by atoms with Crippen molar-refractivity contribution in [1.82, 2.24) is 15.2 Å². The average Bonchev–Trinajstić information content (AvgIpc) is 2.91. The topological polar surface area (TPSA) is 61.6 Å². The summed E-state index contributed by atoms with van der Waals surface area (Å²) in [5.74, 6) is 0.824. The van der Waals surface area contributed by atoms with E-state index in [1.165, 1.54) is 12.0 Å². The molecule has 132 valence electrons. The molecule has 2 rings (SSSR count). The summed E-state index contributed by atoms with van der Waals surface area (Å²) in [6, 6.07) is 2.08. The molecule has 1 fully saturated rings. The number of aliphatic hydroxyl groups excluding tert-OH is 1. The summed E-state index contributed by atoms with van der Waals surface area (Å²) in [7, 11) is 2.02. The standard InChI is InChI=1S/C17H30N4O.HI/c1-4-18-16(19-11-14-8-10-21(3)12-14)20-13-17(2)9-6-5-7-15(17)22;/h8,10,12,15,22H,4-7,9,11,13H2,1-3H3,(H2,18,19,20);1H. The Morgan fingerprint density at radius 1 is 1.43 bits per heavy atom. The van der Waals surface area contributed by atoms with Gasteiger partial charge in [-0.2, -0.15) is 0 Å². The second kappa shape index (κ2) is 9.52. The fourth-order valence-electron chi connectivity index (χ4n) is 3.04. The van der Waals surface area contributed by atoms with Crippen LogP contribution in [0.5, 0.6) is 0 Å². The van der Waals surface area contributed by atoms with Gasteiger partial charge in [0, 0.05) is 37.9 Å². The van der Waals surface area contributed by atoms with E-state index < -0.39 is 0 Å². The molecule has 1 saturated carbocycles. The summed E-state index contributed by atoms with van der Waals surface area (Å²) in [6.07, 6.45) is 8.22. The zero-order chi connectivity index (χ0) is 16.0. The van der Waals surface area contributed by atoms with E-state index in [4.69, 9.17) is 0 Å². The molecule has 1 aliphatic rings. The summed E-state index contributed by atoms with van der Waals surface area (Å²) in [6.45, 7) is 6.49. The molecule has 0 saturated heterocycles. The molecule has 0 spiro atoms. The third-order valence-corrected chi connectivity index (χ3v) is 4.60. The first-order chi connectivity index (χ1) is 10.5. The summed E-state index contributed by atoms with van der Waals surface area (Å²) < 4.78 is 2.03. The second-order valence-electron chi connectivity index (χ2n) is 6.65. The first kappa shape index (κ1) is 20.3. The van der Waals surface area contributed by atoms with E-state index in [2.05, 4.69) is 41.7 Å². The molecule has 2 unspecified atom stereocenters. The maximum atomic E-state index is 10.3. The van der Waals surface area contributed by atoms with Crippen molar-refractivity contribution in [2.45, 2.75) is 52.2 Å². The van der Waals surface area contributed by atoms with Crippen molar-refractivity contribution in [1.29, 1.82) is 0 Å². The van der Waals surface area contributed by atoms with Crippen molar-refractivity contribution < 1.29 is 5.11 Å². The molecule has 23 heavy (non-hydrogen) atoms. The number of aryl methyl sites for hydroxylation is 1. The largest absolute Gasteiger partial charge is 0.392 e. The lowest BCUT2D eigenvalue weighted by molar-refractivity contribution is 0.00397. The van der Waals surface area contributed by atoms with Crippen molar-refractivity contribution in [3.63, 3.8) is 0 Å². The van der Waals surface area contributed by atoms with Crippen LogP contribution in [0.1, 0.15) is 45.1 Å². The van der Waals surface area contributed by atoms with E-state index in [1.807, 2.05) is 17.8 Å². The van der Waals surface area contributed by atoms with E-state index in [1.54, 1.807) is 0 Å². The quantitative estimate of drug-likeness (QED) is 0.380. The van der Waals surface area contributed by atoms with E-state index in [9.17, 15) is 5.11 Å². The third kappa shape index (κ3) is 5.99. The second-order valence-corrected chi connectivity index (χ2v) is 6.65. The predicted molar refractivity (Wildman–Crippen MR) is 106 cm³/mol. The van der Waals surface area contributed by atoms with Gasteiger partial charge in [0.05, 0.1) is 12.6 Å². The van der Waals surface area contributed by atoms with Crippen LogP contribution in [0.25, 0.3) is 0 Å². The summed E-state index contributed by atoms with van der Waals surface area (Å²) in [5.41, 5.74) is 1.14. The average molecular weight is 434 g/mol. The summed E-state index contributed by atoms with van der Waals surface area (Å²) >= 11 is 0. The third-order valence-electron chi connectivity index (χ3n) is 4.60. The lowest BCUT2D eigenvalue weighted by atomic mass is 9.73. The number of aliphatic hydroxyl groups is 1. The normalized spacial score (nSPS) is 24.9. The van der Waals surface area contributed by atoms with Gasteiger partial charge in [0.1, 0.15) is 0 Å². The van der Waals surface area contributed by atoms with Crippen molar-refractivity contribution >= 4 is 29.9 Å². The Kier molecular flexibility index (Phi) is 8.39. The van der Waals surface area contributed by atoms with Gasteiger partial charge in [-0.3, -0.25) is 0 Å².